The summed E-state index contributed by atoms with van der Waals surface area (Å²) in [6, 6.07) is 14.2. The van der Waals surface area contributed by atoms with E-state index in [4.69, 9.17) is 10.7 Å². The van der Waals surface area contributed by atoms with Crippen LogP contribution < -0.4 is 27.0 Å². The highest BCUT2D eigenvalue weighted by molar-refractivity contribution is 7.99. The second kappa shape index (κ2) is 13.6. The van der Waals surface area contributed by atoms with Gasteiger partial charge in [-0.15, -0.1) is 0 Å². The van der Waals surface area contributed by atoms with Crippen LogP contribution in [0.4, 0.5) is 22.1 Å². The summed E-state index contributed by atoms with van der Waals surface area (Å²) < 4.78 is 0. The zero-order valence-corrected chi connectivity index (χ0v) is 22.3. The number of hydrogen-bond acceptors (Lipinski definition) is 8. The van der Waals surface area contributed by atoms with Crippen LogP contribution in [0.5, 0.6) is 0 Å². The van der Waals surface area contributed by atoms with Crippen molar-refractivity contribution >= 4 is 41.0 Å². The third-order valence-corrected chi connectivity index (χ3v) is 6.98. The molecule has 1 aromatic carbocycles. The van der Waals surface area contributed by atoms with Crippen LogP contribution in [0, 0.1) is 0 Å². The van der Waals surface area contributed by atoms with Gasteiger partial charge in [0.2, 0.25) is 0 Å². The minimum absolute atomic E-state index is 0.133. The van der Waals surface area contributed by atoms with E-state index >= 15 is 0 Å². The average molecular weight is 535 g/mol. The van der Waals surface area contributed by atoms with E-state index in [1.54, 1.807) is 18.3 Å². The summed E-state index contributed by atoms with van der Waals surface area (Å²) in [6.07, 6.45) is 1.63. The number of rotatable bonds is 10. The predicted octanol–water partition coefficient (Wildman–Crippen LogP) is 3.26. The quantitative estimate of drug-likeness (QED) is 0.267. The van der Waals surface area contributed by atoms with Crippen LogP contribution in [0.2, 0.25) is 0 Å². The monoisotopic (exact) mass is 534 g/mol. The molecule has 0 saturated carbocycles. The Morgan fingerprint density at radius 2 is 1.82 bits per heavy atom. The van der Waals surface area contributed by atoms with Gasteiger partial charge >= 0.3 is 6.03 Å². The number of nitrogens with zero attached hydrogens (tertiary/aromatic N) is 3. The summed E-state index contributed by atoms with van der Waals surface area (Å²) in [5, 5.41) is 11.9. The minimum atomic E-state index is -0.323. The van der Waals surface area contributed by atoms with Gasteiger partial charge in [0.1, 0.15) is 11.6 Å². The first-order chi connectivity index (χ1) is 18.5. The summed E-state index contributed by atoms with van der Waals surface area (Å²) in [6.45, 7) is 6.55. The maximum Gasteiger partial charge on any atom is 0.319 e. The molecule has 3 heterocycles. The van der Waals surface area contributed by atoms with Crippen molar-refractivity contribution in [3.8, 4) is 11.3 Å². The molecule has 0 unspecified atom stereocenters. The second-order valence-electron chi connectivity index (χ2n) is 8.81. The third kappa shape index (κ3) is 7.83. The van der Waals surface area contributed by atoms with E-state index in [1.807, 2.05) is 55.1 Å². The van der Waals surface area contributed by atoms with Crippen LogP contribution >= 0.6 is 11.8 Å². The Hall–Kier alpha value is -3.83. The van der Waals surface area contributed by atoms with E-state index in [1.165, 1.54) is 0 Å². The predicted molar refractivity (Wildman–Crippen MR) is 154 cm³/mol. The highest BCUT2D eigenvalue weighted by Crippen LogP contribution is 2.24. The van der Waals surface area contributed by atoms with Gasteiger partial charge < -0.3 is 27.0 Å². The largest absolute Gasteiger partial charge is 0.384 e. The molecule has 0 radical (unpaired) electrons. The first kappa shape index (κ1) is 27.2. The summed E-state index contributed by atoms with van der Waals surface area (Å²) in [5.74, 6) is 3.15. The standard InChI is InChI=1S/C27H34N8O2S/c1-2-29-25-22(26(36)30-11-12-35-13-15-38-16-14-35)8-9-23(34-25)20-4-6-21(7-5-20)33-27(37)32-18-19-3-10-24(28)31-17-19/h3-10,17H,2,11-16,18H2,1H3,(H2,28,31)(H,29,34)(H,30,36)(H2,32,33,37). The van der Waals surface area contributed by atoms with Crippen LogP contribution in [0.25, 0.3) is 11.3 Å². The number of nitrogens with one attached hydrogen (secondary N) is 4. The smallest absolute Gasteiger partial charge is 0.319 e. The van der Waals surface area contributed by atoms with Gasteiger partial charge in [-0.2, -0.15) is 11.8 Å². The van der Waals surface area contributed by atoms with Crippen LogP contribution in [-0.2, 0) is 6.54 Å². The van der Waals surface area contributed by atoms with Crippen molar-refractivity contribution in [2.75, 3.05) is 60.6 Å². The number of anilines is 3. The van der Waals surface area contributed by atoms with Crippen molar-refractivity contribution in [1.82, 2.24) is 25.5 Å². The average Bonchev–Trinajstić information content (AvgIpc) is 2.94. The van der Waals surface area contributed by atoms with Crippen molar-refractivity contribution in [2.24, 2.45) is 0 Å². The molecule has 6 N–H and O–H groups in total. The van der Waals surface area contributed by atoms with Crippen molar-refractivity contribution in [3.05, 3.63) is 65.9 Å². The van der Waals surface area contributed by atoms with Crippen LogP contribution in [-0.4, -0.2) is 71.0 Å². The number of thioether (sulfide) groups is 1. The molecule has 1 aliphatic heterocycles. The molecule has 0 atom stereocenters. The van der Waals surface area contributed by atoms with E-state index in [0.29, 0.717) is 42.5 Å². The van der Waals surface area contributed by atoms with E-state index in [2.05, 4.69) is 31.2 Å². The highest BCUT2D eigenvalue weighted by atomic mass is 32.2. The molecule has 0 aliphatic carbocycles. The van der Waals surface area contributed by atoms with Gasteiger partial charge in [0.05, 0.1) is 11.3 Å². The van der Waals surface area contributed by atoms with Crippen LogP contribution in [0.3, 0.4) is 0 Å². The normalized spacial score (nSPS) is 13.5. The molecule has 1 aliphatic rings. The molecule has 10 nitrogen and oxygen atoms in total. The Labute approximate surface area is 227 Å². The maximum absolute atomic E-state index is 12.9. The number of aromatic nitrogens is 2. The summed E-state index contributed by atoms with van der Waals surface area (Å²) >= 11 is 1.97. The summed E-state index contributed by atoms with van der Waals surface area (Å²) in [7, 11) is 0. The molecule has 38 heavy (non-hydrogen) atoms. The van der Waals surface area contributed by atoms with E-state index in [-0.39, 0.29) is 11.9 Å². The molecule has 0 spiro atoms. The Bertz CT molecular complexity index is 1210. The fraction of sp³-hybridized carbons (Fsp3) is 0.333. The maximum atomic E-state index is 12.9. The first-order valence-electron chi connectivity index (χ1n) is 12.7. The number of hydrogen-bond donors (Lipinski definition) is 5. The second-order valence-corrected chi connectivity index (χ2v) is 10.0. The Morgan fingerprint density at radius 1 is 1.03 bits per heavy atom. The summed E-state index contributed by atoms with van der Waals surface area (Å²) in [4.78, 5) is 36.2. The summed E-state index contributed by atoms with van der Waals surface area (Å²) in [5.41, 5.74) is 9.22. The van der Waals surface area contributed by atoms with E-state index < -0.39 is 0 Å². The number of nitrogens with two attached hydrogens (primary N) is 1. The van der Waals surface area contributed by atoms with E-state index in [0.717, 1.165) is 48.0 Å². The van der Waals surface area contributed by atoms with Crippen LogP contribution in [0.1, 0.15) is 22.8 Å². The fourth-order valence-corrected chi connectivity index (χ4v) is 4.95. The molecule has 11 heteroatoms. The molecule has 3 amide bonds. The molecule has 200 valence electrons. The van der Waals surface area contributed by atoms with Crippen molar-refractivity contribution in [3.63, 3.8) is 0 Å². The zero-order chi connectivity index (χ0) is 26.7. The molecular weight excluding hydrogens is 500 g/mol. The molecule has 1 saturated heterocycles. The van der Waals surface area contributed by atoms with Gasteiger partial charge in [-0.05, 0) is 42.8 Å². The van der Waals surface area contributed by atoms with Gasteiger partial charge in [0.25, 0.3) is 5.91 Å². The number of amides is 3. The number of pyridine rings is 2. The number of carbonyl (C=O) groups is 2. The highest BCUT2D eigenvalue weighted by Gasteiger charge is 2.15. The van der Waals surface area contributed by atoms with Gasteiger partial charge in [-0.1, -0.05) is 18.2 Å². The number of benzene rings is 1. The minimum Gasteiger partial charge on any atom is -0.384 e. The number of nitrogen functional groups attached to an aromatic ring is 1. The lowest BCUT2D eigenvalue weighted by atomic mass is 10.1. The van der Waals surface area contributed by atoms with E-state index in [9.17, 15) is 9.59 Å². The lowest BCUT2D eigenvalue weighted by Crippen LogP contribution is -2.39. The number of carbonyl (C=O) groups excluding carboxylic acids is 2. The molecule has 0 bridgehead atoms. The fourth-order valence-electron chi connectivity index (χ4n) is 3.98. The Balaban J connectivity index is 1.33. The molecule has 2 aromatic heterocycles. The topological polar surface area (TPSA) is 137 Å². The van der Waals surface area contributed by atoms with Crippen molar-refractivity contribution in [2.45, 2.75) is 13.5 Å². The lowest BCUT2D eigenvalue weighted by Gasteiger charge is -2.26. The van der Waals surface area contributed by atoms with Crippen LogP contribution in [0.15, 0.2) is 54.7 Å². The molecular formula is C27H34N8O2S. The van der Waals surface area contributed by atoms with Gasteiger partial charge in [-0.25, -0.2) is 14.8 Å². The SMILES string of the molecule is CCNc1nc(-c2ccc(NC(=O)NCc3ccc(N)nc3)cc2)ccc1C(=O)NCCN1CCSCC1. The molecule has 3 aromatic rings. The Kier molecular flexibility index (Phi) is 9.77. The van der Waals surface area contributed by atoms with Crippen molar-refractivity contribution in [1.29, 1.82) is 0 Å². The molecule has 4 rings (SSSR count). The zero-order valence-electron chi connectivity index (χ0n) is 21.5. The van der Waals surface area contributed by atoms with Gasteiger partial charge in [-0.3, -0.25) is 9.69 Å². The molecule has 1 fully saturated rings. The lowest BCUT2D eigenvalue weighted by molar-refractivity contribution is 0.0949. The van der Waals surface area contributed by atoms with Gasteiger partial charge in [0.15, 0.2) is 0 Å². The van der Waals surface area contributed by atoms with Gasteiger partial charge in [0, 0.05) is 68.2 Å². The first-order valence-corrected chi connectivity index (χ1v) is 13.9. The Morgan fingerprint density at radius 3 is 2.53 bits per heavy atom. The third-order valence-electron chi connectivity index (χ3n) is 6.04. The number of urea groups is 1. The van der Waals surface area contributed by atoms with Crippen molar-refractivity contribution < 1.29 is 9.59 Å².